The van der Waals surface area contributed by atoms with E-state index in [4.69, 9.17) is 10.2 Å². The number of anilines is 2. The molecule has 3 rings (SSSR count). The third-order valence-electron chi connectivity index (χ3n) is 3.28. The summed E-state index contributed by atoms with van der Waals surface area (Å²) >= 11 is 3.40. The van der Waals surface area contributed by atoms with E-state index in [1.165, 1.54) is 10.9 Å². The van der Waals surface area contributed by atoms with Crippen LogP contribution in [0.5, 0.6) is 0 Å². The number of hydrogen-bond acceptors (Lipinski definition) is 3. The van der Waals surface area contributed by atoms with E-state index < -0.39 is 0 Å². The average Bonchev–Trinajstić information content (AvgIpc) is 2.85. The quantitative estimate of drug-likeness (QED) is 0.695. The van der Waals surface area contributed by atoms with Crippen LogP contribution >= 0.6 is 15.9 Å². The largest absolute Gasteiger partial charge is 0.464 e. The molecule has 4 heteroatoms. The monoisotopic (exact) mass is 330 g/mol. The molecule has 0 aliphatic rings. The molecule has 0 bridgehead atoms. The Bertz CT molecular complexity index is 736. The van der Waals surface area contributed by atoms with Crippen LogP contribution in [0.2, 0.25) is 0 Å². The van der Waals surface area contributed by atoms with Crippen LogP contribution in [0.3, 0.4) is 0 Å². The molecule has 0 unspecified atom stereocenters. The van der Waals surface area contributed by atoms with Crippen LogP contribution in [-0.2, 0) is 6.42 Å². The molecule has 0 saturated carbocycles. The minimum absolute atomic E-state index is 0.747. The maximum atomic E-state index is 5.96. The molecule has 3 aromatic rings. The van der Waals surface area contributed by atoms with Gasteiger partial charge in [0.2, 0.25) is 0 Å². The predicted octanol–water partition coefficient (Wildman–Crippen LogP) is 4.43. The predicted molar refractivity (Wildman–Crippen MR) is 87.0 cm³/mol. The molecule has 3 nitrogen and oxygen atoms in total. The molecule has 0 radical (unpaired) electrons. The summed E-state index contributed by atoms with van der Waals surface area (Å²) in [4.78, 5) is 0. The van der Waals surface area contributed by atoms with Crippen LogP contribution in [0, 0.1) is 0 Å². The van der Waals surface area contributed by atoms with Crippen molar-refractivity contribution in [3.05, 3.63) is 58.8 Å². The number of para-hydroxylation sites is 1. The summed E-state index contributed by atoms with van der Waals surface area (Å²) in [5, 5.41) is 4.53. The van der Waals surface area contributed by atoms with E-state index in [9.17, 15) is 0 Å². The Morgan fingerprint density at radius 3 is 2.85 bits per heavy atom. The van der Waals surface area contributed by atoms with Crippen LogP contribution in [0.1, 0.15) is 5.56 Å². The van der Waals surface area contributed by atoms with Crippen molar-refractivity contribution >= 4 is 38.3 Å². The van der Waals surface area contributed by atoms with Gasteiger partial charge in [-0.2, -0.15) is 0 Å². The van der Waals surface area contributed by atoms with Crippen molar-refractivity contribution in [2.45, 2.75) is 6.42 Å². The number of rotatable bonds is 4. The van der Waals surface area contributed by atoms with E-state index in [2.05, 4.69) is 27.3 Å². The SMILES string of the molecule is Nc1cc(Br)ccc1NCCc1coc2ccccc12. The van der Waals surface area contributed by atoms with E-state index in [0.717, 1.165) is 34.4 Å². The summed E-state index contributed by atoms with van der Waals surface area (Å²) in [5.74, 6) is 0. The molecule has 0 saturated heterocycles. The lowest BCUT2D eigenvalue weighted by atomic mass is 10.1. The van der Waals surface area contributed by atoms with Crippen molar-refractivity contribution in [2.24, 2.45) is 0 Å². The van der Waals surface area contributed by atoms with E-state index in [1.54, 1.807) is 0 Å². The zero-order valence-corrected chi connectivity index (χ0v) is 12.5. The summed E-state index contributed by atoms with van der Waals surface area (Å²) in [6, 6.07) is 13.9. The van der Waals surface area contributed by atoms with Crippen LogP contribution < -0.4 is 11.1 Å². The van der Waals surface area contributed by atoms with Gasteiger partial charge in [-0.1, -0.05) is 34.1 Å². The van der Waals surface area contributed by atoms with Crippen molar-refractivity contribution in [1.82, 2.24) is 0 Å². The summed E-state index contributed by atoms with van der Waals surface area (Å²) < 4.78 is 6.52. The number of furan rings is 1. The Hall–Kier alpha value is -1.94. The van der Waals surface area contributed by atoms with Crippen LogP contribution in [0.25, 0.3) is 11.0 Å². The fraction of sp³-hybridized carbons (Fsp3) is 0.125. The molecule has 1 heterocycles. The zero-order valence-electron chi connectivity index (χ0n) is 10.9. The van der Waals surface area contributed by atoms with Crippen molar-refractivity contribution in [3.63, 3.8) is 0 Å². The Morgan fingerprint density at radius 1 is 1.15 bits per heavy atom. The molecular formula is C16H15BrN2O. The number of nitrogen functional groups attached to an aromatic ring is 1. The summed E-state index contributed by atoms with van der Waals surface area (Å²) in [6.45, 7) is 0.815. The van der Waals surface area contributed by atoms with Gasteiger partial charge in [-0.15, -0.1) is 0 Å². The smallest absolute Gasteiger partial charge is 0.134 e. The maximum Gasteiger partial charge on any atom is 0.134 e. The van der Waals surface area contributed by atoms with Gasteiger partial charge in [0.1, 0.15) is 5.58 Å². The molecule has 2 aromatic carbocycles. The number of halogens is 1. The normalized spacial score (nSPS) is 10.8. The van der Waals surface area contributed by atoms with E-state index >= 15 is 0 Å². The molecule has 0 aliphatic carbocycles. The van der Waals surface area contributed by atoms with Gasteiger partial charge < -0.3 is 15.5 Å². The molecule has 0 spiro atoms. The first kappa shape index (κ1) is 13.1. The number of benzene rings is 2. The topological polar surface area (TPSA) is 51.2 Å². The first-order chi connectivity index (χ1) is 9.74. The molecule has 102 valence electrons. The first-order valence-electron chi connectivity index (χ1n) is 6.48. The standard InChI is InChI=1S/C16H15BrN2O/c17-12-5-6-15(14(18)9-12)19-8-7-11-10-20-16-4-2-1-3-13(11)16/h1-6,9-10,19H,7-8,18H2. The van der Waals surface area contributed by atoms with Crippen LogP contribution in [-0.4, -0.2) is 6.54 Å². The van der Waals surface area contributed by atoms with E-state index in [-0.39, 0.29) is 0 Å². The van der Waals surface area contributed by atoms with Gasteiger partial charge >= 0.3 is 0 Å². The van der Waals surface area contributed by atoms with Crippen molar-refractivity contribution in [3.8, 4) is 0 Å². The summed E-state index contributed by atoms with van der Waals surface area (Å²) in [6.07, 6.45) is 2.73. The third kappa shape index (κ3) is 2.65. The molecule has 1 aromatic heterocycles. The molecule has 0 aliphatic heterocycles. The Labute approximate surface area is 125 Å². The second-order valence-electron chi connectivity index (χ2n) is 4.67. The molecule has 20 heavy (non-hydrogen) atoms. The van der Waals surface area contributed by atoms with E-state index in [0.29, 0.717) is 0 Å². The highest BCUT2D eigenvalue weighted by Crippen LogP contribution is 2.24. The first-order valence-corrected chi connectivity index (χ1v) is 7.27. The van der Waals surface area contributed by atoms with Gasteiger partial charge in [-0.05, 0) is 36.2 Å². The fourth-order valence-electron chi connectivity index (χ4n) is 2.25. The summed E-state index contributed by atoms with van der Waals surface area (Å²) in [7, 11) is 0. The van der Waals surface area contributed by atoms with E-state index in [1.807, 2.05) is 42.7 Å². The maximum absolute atomic E-state index is 5.96. The lowest BCUT2D eigenvalue weighted by Crippen LogP contribution is -2.06. The van der Waals surface area contributed by atoms with Gasteiger partial charge in [-0.3, -0.25) is 0 Å². The number of hydrogen-bond donors (Lipinski definition) is 2. The number of fused-ring (bicyclic) bond motifs is 1. The van der Waals surface area contributed by atoms with Gasteiger partial charge in [-0.25, -0.2) is 0 Å². The number of nitrogens with two attached hydrogens (primary N) is 1. The minimum atomic E-state index is 0.747. The lowest BCUT2D eigenvalue weighted by molar-refractivity contribution is 0.610. The molecule has 0 fully saturated rings. The average molecular weight is 331 g/mol. The van der Waals surface area contributed by atoms with Crippen LogP contribution in [0.15, 0.2) is 57.6 Å². The van der Waals surface area contributed by atoms with Gasteiger partial charge in [0.25, 0.3) is 0 Å². The van der Waals surface area contributed by atoms with Gasteiger partial charge in [0.05, 0.1) is 17.6 Å². The fourth-order valence-corrected chi connectivity index (χ4v) is 2.63. The van der Waals surface area contributed by atoms with Crippen molar-refractivity contribution in [2.75, 3.05) is 17.6 Å². The second-order valence-corrected chi connectivity index (χ2v) is 5.58. The molecule has 0 amide bonds. The highest BCUT2D eigenvalue weighted by atomic mass is 79.9. The van der Waals surface area contributed by atoms with Crippen LogP contribution in [0.4, 0.5) is 11.4 Å². The molecule has 0 atom stereocenters. The zero-order chi connectivity index (χ0) is 13.9. The highest BCUT2D eigenvalue weighted by molar-refractivity contribution is 9.10. The van der Waals surface area contributed by atoms with Crippen molar-refractivity contribution < 1.29 is 4.42 Å². The lowest BCUT2D eigenvalue weighted by Gasteiger charge is -2.09. The Kier molecular flexibility index (Phi) is 3.65. The number of nitrogens with one attached hydrogen (secondary N) is 1. The molecule has 3 N–H and O–H groups in total. The van der Waals surface area contributed by atoms with Gasteiger partial charge in [0.15, 0.2) is 0 Å². The summed E-state index contributed by atoms with van der Waals surface area (Å²) in [5.41, 5.74) is 9.81. The highest BCUT2D eigenvalue weighted by Gasteiger charge is 2.05. The second kappa shape index (κ2) is 5.59. The minimum Gasteiger partial charge on any atom is -0.464 e. The Balaban J connectivity index is 1.68. The van der Waals surface area contributed by atoms with Crippen molar-refractivity contribution in [1.29, 1.82) is 0 Å². The third-order valence-corrected chi connectivity index (χ3v) is 3.78. The van der Waals surface area contributed by atoms with Gasteiger partial charge in [0, 0.05) is 16.4 Å². The Morgan fingerprint density at radius 2 is 2.00 bits per heavy atom. The molecular weight excluding hydrogens is 316 g/mol.